The van der Waals surface area contributed by atoms with E-state index in [2.05, 4.69) is 27.3 Å². The molecule has 3 rings (SSSR count). The summed E-state index contributed by atoms with van der Waals surface area (Å²) >= 11 is 0. The SMILES string of the molecule is O=C(Nc1ccc(N2CCCC2)cc1)c1cccnc1. The molecule has 1 aromatic heterocycles. The van der Waals surface area contributed by atoms with E-state index in [1.54, 1.807) is 24.5 Å². The molecule has 0 aliphatic carbocycles. The highest BCUT2D eigenvalue weighted by Crippen LogP contribution is 2.22. The van der Waals surface area contributed by atoms with Gasteiger partial charge in [-0.25, -0.2) is 0 Å². The van der Waals surface area contributed by atoms with Crippen LogP contribution in [0.25, 0.3) is 0 Å². The largest absolute Gasteiger partial charge is 0.372 e. The van der Waals surface area contributed by atoms with E-state index in [-0.39, 0.29) is 5.91 Å². The van der Waals surface area contributed by atoms with Gasteiger partial charge >= 0.3 is 0 Å². The molecule has 0 radical (unpaired) electrons. The van der Waals surface area contributed by atoms with Crippen LogP contribution in [0.4, 0.5) is 11.4 Å². The Morgan fingerprint density at radius 1 is 1.10 bits per heavy atom. The van der Waals surface area contributed by atoms with Gasteiger partial charge in [0.2, 0.25) is 0 Å². The van der Waals surface area contributed by atoms with E-state index in [0.29, 0.717) is 5.56 Å². The number of amides is 1. The second-order valence-corrected chi connectivity index (χ2v) is 4.94. The maximum absolute atomic E-state index is 12.0. The molecule has 2 aromatic rings. The first-order chi connectivity index (χ1) is 9.83. The summed E-state index contributed by atoms with van der Waals surface area (Å²) in [5.41, 5.74) is 2.60. The molecule has 1 fully saturated rings. The highest BCUT2D eigenvalue weighted by molar-refractivity contribution is 6.04. The highest BCUT2D eigenvalue weighted by Gasteiger charge is 2.12. The molecule has 0 spiro atoms. The fraction of sp³-hybridized carbons (Fsp3) is 0.250. The zero-order valence-electron chi connectivity index (χ0n) is 11.2. The van der Waals surface area contributed by atoms with Crippen molar-refractivity contribution in [2.75, 3.05) is 23.3 Å². The fourth-order valence-electron chi connectivity index (χ4n) is 2.43. The van der Waals surface area contributed by atoms with Crippen LogP contribution in [-0.4, -0.2) is 24.0 Å². The van der Waals surface area contributed by atoms with Gasteiger partial charge < -0.3 is 10.2 Å². The first-order valence-electron chi connectivity index (χ1n) is 6.89. The van der Waals surface area contributed by atoms with Gasteiger partial charge in [-0.3, -0.25) is 9.78 Å². The van der Waals surface area contributed by atoms with Crippen molar-refractivity contribution in [1.82, 2.24) is 4.98 Å². The third-order valence-electron chi connectivity index (χ3n) is 3.52. The number of nitrogens with one attached hydrogen (secondary N) is 1. The number of pyridine rings is 1. The molecule has 1 aromatic carbocycles. The number of benzene rings is 1. The molecule has 0 atom stereocenters. The Labute approximate surface area is 118 Å². The summed E-state index contributed by atoms with van der Waals surface area (Å²) in [6, 6.07) is 11.5. The van der Waals surface area contributed by atoms with Crippen LogP contribution >= 0.6 is 0 Å². The monoisotopic (exact) mass is 267 g/mol. The minimum Gasteiger partial charge on any atom is -0.372 e. The van der Waals surface area contributed by atoms with Crippen molar-refractivity contribution in [3.05, 3.63) is 54.4 Å². The van der Waals surface area contributed by atoms with E-state index in [0.717, 1.165) is 18.8 Å². The summed E-state index contributed by atoms with van der Waals surface area (Å²) in [6.45, 7) is 2.25. The zero-order chi connectivity index (χ0) is 13.8. The van der Waals surface area contributed by atoms with Gasteiger partial charge in [0.1, 0.15) is 0 Å². The third-order valence-corrected chi connectivity index (χ3v) is 3.52. The second-order valence-electron chi connectivity index (χ2n) is 4.94. The number of rotatable bonds is 3. The van der Waals surface area contributed by atoms with Gasteiger partial charge in [0.25, 0.3) is 5.91 Å². The molecule has 1 aliphatic heterocycles. The van der Waals surface area contributed by atoms with Crippen LogP contribution in [0.5, 0.6) is 0 Å². The topological polar surface area (TPSA) is 45.2 Å². The fourth-order valence-corrected chi connectivity index (χ4v) is 2.43. The summed E-state index contributed by atoms with van der Waals surface area (Å²) in [5, 5.41) is 2.88. The van der Waals surface area contributed by atoms with Crippen molar-refractivity contribution in [2.45, 2.75) is 12.8 Å². The molecule has 4 heteroatoms. The lowest BCUT2D eigenvalue weighted by molar-refractivity contribution is 0.102. The Balaban J connectivity index is 1.67. The van der Waals surface area contributed by atoms with Crippen molar-refractivity contribution >= 4 is 17.3 Å². The molecule has 1 amide bonds. The van der Waals surface area contributed by atoms with Gasteiger partial charge in [-0.1, -0.05) is 0 Å². The second kappa shape index (κ2) is 5.74. The van der Waals surface area contributed by atoms with E-state index in [1.807, 2.05) is 12.1 Å². The summed E-state index contributed by atoms with van der Waals surface area (Å²) in [5.74, 6) is -0.132. The standard InChI is InChI=1S/C16H17N3O/c20-16(13-4-3-9-17-12-13)18-14-5-7-15(8-6-14)19-10-1-2-11-19/h3-9,12H,1-2,10-11H2,(H,18,20). The maximum atomic E-state index is 12.0. The average Bonchev–Trinajstić information content (AvgIpc) is 3.03. The molecular formula is C16H17N3O. The van der Waals surface area contributed by atoms with Crippen molar-refractivity contribution < 1.29 is 4.79 Å². The van der Waals surface area contributed by atoms with Crippen LogP contribution in [0, 0.1) is 0 Å². The van der Waals surface area contributed by atoms with E-state index in [1.165, 1.54) is 18.5 Å². The Bertz CT molecular complexity index is 574. The van der Waals surface area contributed by atoms with Gasteiger partial charge in [0.05, 0.1) is 5.56 Å². The lowest BCUT2D eigenvalue weighted by atomic mass is 10.2. The average molecular weight is 267 g/mol. The summed E-state index contributed by atoms with van der Waals surface area (Å²) < 4.78 is 0. The van der Waals surface area contributed by atoms with Crippen molar-refractivity contribution in [1.29, 1.82) is 0 Å². The number of hydrogen-bond acceptors (Lipinski definition) is 3. The van der Waals surface area contributed by atoms with E-state index in [9.17, 15) is 4.79 Å². The quantitative estimate of drug-likeness (QED) is 0.930. The van der Waals surface area contributed by atoms with Crippen LogP contribution in [0.2, 0.25) is 0 Å². The Morgan fingerprint density at radius 2 is 1.85 bits per heavy atom. The van der Waals surface area contributed by atoms with Crippen molar-refractivity contribution in [3.63, 3.8) is 0 Å². The number of hydrogen-bond donors (Lipinski definition) is 1. The Kier molecular flexibility index (Phi) is 3.63. The van der Waals surface area contributed by atoms with Crippen molar-refractivity contribution in [3.8, 4) is 0 Å². The molecule has 1 aliphatic rings. The number of aromatic nitrogens is 1. The van der Waals surface area contributed by atoms with Gasteiger partial charge in [0.15, 0.2) is 0 Å². The first kappa shape index (κ1) is 12.7. The maximum Gasteiger partial charge on any atom is 0.257 e. The van der Waals surface area contributed by atoms with E-state index in [4.69, 9.17) is 0 Å². The molecular weight excluding hydrogens is 250 g/mol. The Hall–Kier alpha value is -2.36. The van der Waals surface area contributed by atoms with Crippen molar-refractivity contribution in [2.24, 2.45) is 0 Å². The molecule has 1 N–H and O–H groups in total. The normalized spacial score (nSPS) is 14.3. The zero-order valence-corrected chi connectivity index (χ0v) is 11.2. The van der Waals surface area contributed by atoms with Gasteiger partial charge in [-0.15, -0.1) is 0 Å². The predicted molar refractivity (Wildman–Crippen MR) is 80.1 cm³/mol. The van der Waals surface area contributed by atoms with Crippen LogP contribution in [0.1, 0.15) is 23.2 Å². The lowest BCUT2D eigenvalue weighted by Crippen LogP contribution is -2.17. The minimum absolute atomic E-state index is 0.132. The summed E-state index contributed by atoms with van der Waals surface area (Å²) in [7, 11) is 0. The number of anilines is 2. The van der Waals surface area contributed by atoms with Crippen LogP contribution in [-0.2, 0) is 0 Å². The molecule has 102 valence electrons. The number of carbonyl (C=O) groups excluding carboxylic acids is 1. The smallest absolute Gasteiger partial charge is 0.257 e. The summed E-state index contributed by atoms with van der Waals surface area (Å²) in [4.78, 5) is 18.3. The minimum atomic E-state index is -0.132. The summed E-state index contributed by atoms with van der Waals surface area (Å²) in [6.07, 6.45) is 5.74. The highest BCUT2D eigenvalue weighted by atomic mass is 16.1. The Morgan fingerprint density at radius 3 is 2.50 bits per heavy atom. The number of nitrogens with zero attached hydrogens (tertiary/aromatic N) is 2. The third kappa shape index (κ3) is 2.79. The number of carbonyl (C=O) groups is 1. The van der Waals surface area contributed by atoms with Gasteiger partial charge in [-0.2, -0.15) is 0 Å². The van der Waals surface area contributed by atoms with Gasteiger partial charge in [0, 0.05) is 36.9 Å². The van der Waals surface area contributed by atoms with Crippen LogP contribution in [0.15, 0.2) is 48.8 Å². The van der Waals surface area contributed by atoms with Crippen LogP contribution < -0.4 is 10.2 Å². The molecule has 0 unspecified atom stereocenters. The lowest BCUT2D eigenvalue weighted by Gasteiger charge is -2.17. The molecule has 0 saturated carbocycles. The van der Waals surface area contributed by atoms with E-state index < -0.39 is 0 Å². The molecule has 20 heavy (non-hydrogen) atoms. The molecule has 2 heterocycles. The predicted octanol–water partition coefficient (Wildman–Crippen LogP) is 2.93. The van der Waals surface area contributed by atoms with E-state index >= 15 is 0 Å². The van der Waals surface area contributed by atoms with Gasteiger partial charge in [-0.05, 0) is 49.2 Å². The molecule has 4 nitrogen and oxygen atoms in total. The molecule has 0 bridgehead atoms. The molecule has 1 saturated heterocycles. The van der Waals surface area contributed by atoms with Crippen LogP contribution in [0.3, 0.4) is 0 Å². The first-order valence-corrected chi connectivity index (χ1v) is 6.89.